The van der Waals surface area contributed by atoms with Crippen LogP contribution in [0.25, 0.3) is 0 Å². The summed E-state index contributed by atoms with van der Waals surface area (Å²) in [5.41, 5.74) is 3.24. The number of hydrogen-bond donors (Lipinski definition) is 0. The van der Waals surface area contributed by atoms with Gasteiger partial charge in [0.25, 0.3) is 5.91 Å². The van der Waals surface area contributed by atoms with Crippen molar-refractivity contribution < 1.29 is 4.79 Å². The number of nitrogens with zero attached hydrogens (tertiary/aromatic N) is 2. The summed E-state index contributed by atoms with van der Waals surface area (Å²) in [7, 11) is 0. The maximum absolute atomic E-state index is 12.4. The Morgan fingerprint density at radius 2 is 1.68 bits per heavy atom. The number of rotatable bonds is 2. The molecule has 22 heavy (non-hydrogen) atoms. The van der Waals surface area contributed by atoms with Crippen LogP contribution in [0.3, 0.4) is 0 Å². The minimum atomic E-state index is 0.132. The van der Waals surface area contributed by atoms with Crippen molar-refractivity contribution in [3.63, 3.8) is 0 Å². The van der Waals surface area contributed by atoms with Crippen LogP contribution in [0, 0.1) is 6.92 Å². The lowest BCUT2D eigenvalue weighted by Gasteiger charge is -2.36. The van der Waals surface area contributed by atoms with Crippen LogP contribution in [0.2, 0.25) is 0 Å². The van der Waals surface area contributed by atoms with Crippen molar-refractivity contribution in [3.8, 4) is 0 Å². The maximum atomic E-state index is 12.4. The number of amides is 1. The minimum absolute atomic E-state index is 0.132. The molecule has 0 saturated carbocycles. The van der Waals surface area contributed by atoms with E-state index in [4.69, 9.17) is 0 Å². The number of aryl methyl sites for hydroxylation is 1. The van der Waals surface area contributed by atoms with E-state index in [0.29, 0.717) is 0 Å². The number of benzene rings is 2. The molecule has 4 heteroatoms. The Bertz CT molecular complexity index is 664. The van der Waals surface area contributed by atoms with E-state index in [1.807, 2.05) is 35.2 Å². The van der Waals surface area contributed by atoms with Gasteiger partial charge in [-0.2, -0.15) is 0 Å². The third-order valence-electron chi connectivity index (χ3n) is 4.09. The van der Waals surface area contributed by atoms with E-state index < -0.39 is 0 Å². The average Bonchev–Trinajstić information content (AvgIpc) is 2.58. The lowest BCUT2D eigenvalue weighted by atomic mass is 10.1. The van der Waals surface area contributed by atoms with Crippen LogP contribution in [0.15, 0.2) is 53.0 Å². The molecule has 0 radical (unpaired) electrons. The second kappa shape index (κ2) is 6.53. The molecule has 1 amide bonds. The van der Waals surface area contributed by atoms with Gasteiger partial charge in [0.2, 0.25) is 0 Å². The maximum Gasteiger partial charge on any atom is 0.253 e. The summed E-state index contributed by atoms with van der Waals surface area (Å²) in [6.45, 7) is 5.38. The predicted molar refractivity (Wildman–Crippen MR) is 93.4 cm³/mol. The Balaban J connectivity index is 1.65. The number of anilines is 1. The molecular weight excluding hydrogens is 340 g/mol. The van der Waals surface area contributed by atoms with Gasteiger partial charge in [-0.25, -0.2) is 0 Å². The molecular formula is C18H19BrN2O. The molecule has 0 bridgehead atoms. The first-order valence-corrected chi connectivity index (χ1v) is 8.30. The molecule has 114 valence electrons. The third kappa shape index (κ3) is 3.17. The topological polar surface area (TPSA) is 23.6 Å². The molecule has 1 saturated heterocycles. The highest BCUT2D eigenvalue weighted by atomic mass is 79.9. The van der Waals surface area contributed by atoms with Gasteiger partial charge in [-0.05, 0) is 42.8 Å². The van der Waals surface area contributed by atoms with Crippen molar-refractivity contribution in [2.75, 3.05) is 31.1 Å². The van der Waals surface area contributed by atoms with Gasteiger partial charge in [-0.3, -0.25) is 4.79 Å². The summed E-state index contributed by atoms with van der Waals surface area (Å²) in [5, 5.41) is 0. The number of piperazine rings is 1. The quantitative estimate of drug-likeness (QED) is 0.816. The standard InChI is InChI=1S/C18H19BrN2O/c1-14-13-16(7-8-17(14)19)20-9-11-21(12-10-20)18(22)15-5-3-2-4-6-15/h2-8,13H,9-12H2,1H3. The molecule has 2 aromatic carbocycles. The summed E-state index contributed by atoms with van der Waals surface area (Å²) in [4.78, 5) is 16.7. The predicted octanol–water partition coefficient (Wildman–Crippen LogP) is 3.72. The fraction of sp³-hybridized carbons (Fsp3) is 0.278. The molecule has 0 aromatic heterocycles. The van der Waals surface area contributed by atoms with E-state index in [0.717, 1.165) is 36.2 Å². The third-order valence-corrected chi connectivity index (χ3v) is 4.98. The lowest BCUT2D eigenvalue weighted by Crippen LogP contribution is -2.48. The molecule has 1 fully saturated rings. The first-order chi connectivity index (χ1) is 10.6. The SMILES string of the molecule is Cc1cc(N2CCN(C(=O)c3ccccc3)CC2)ccc1Br. The van der Waals surface area contributed by atoms with E-state index in [2.05, 4.69) is 46.0 Å². The van der Waals surface area contributed by atoms with Gasteiger partial charge in [-0.1, -0.05) is 34.1 Å². The van der Waals surface area contributed by atoms with E-state index in [9.17, 15) is 4.79 Å². The van der Waals surface area contributed by atoms with Crippen molar-refractivity contribution in [1.82, 2.24) is 4.90 Å². The van der Waals surface area contributed by atoms with Gasteiger partial charge in [0.1, 0.15) is 0 Å². The highest BCUT2D eigenvalue weighted by Gasteiger charge is 2.22. The van der Waals surface area contributed by atoms with Crippen LogP contribution in [0.4, 0.5) is 5.69 Å². The molecule has 1 aliphatic rings. The van der Waals surface area contributed by atoms with Gasteiger partial charge in [0.15, 0.2) is 0 Å². The van der Waals surface area contributed by atoms with Crippen LogP contribution in [-0.4, -0.2) is 37.0 Å². The van der Waals surface area contributed by atoms with E-state index >= 15 is 0 Å². The zero-order chi connectivity index (χ0) is 15.5. The number of carbonyl (C=O) groups is 1. The molecule has 1 aliphatic heterocycles. The van der Waals surface area contributed by atoms with E-state index in [1.54, 1.807) is 0 Å². The summed E-state index contributed by atoms with van der Waals surface area (Å²) >= 11 is 3.54. The Labute approximate surface area is 139 Å². The summed E-state index contributed by atoms with van der Waals surface area (Å²) in [6.07, 6.45) is 0. The van der Waals surface area contributed by atoms with Crippen LogP contribution in [0.5, 0.6) is 0 Å². The Morgan fingerprint density at radius 1 is 1.00 bits per heavy atom. The van der Waals surface area contributed by atoms with Crippen LogP contribution >= 0.6 is 15.9 Å². The summed E-state index contributed by atoms with van der Waals surface area (Å²) in [6, 6.07) is 15.9. The van der Waals surface area contributed by atoms with E-state index in [-0.39, 0.29) is 5.91 Å². The second-order valence-electron chi connectivity index (χ2n) is 5.58. The number of carbonyl (C=O) groups excluding carboxylic acids is 1. The van der Waals surface area contributed by atoms with Crippen molar-refractivity contribution in [3.05, 3.63) is 64.1 Å². The molecule has 0 N–H and O–H groups in total. The molecule has 3 rings (SSSR count). The van der Waals surface area contributed by atoms with Gasteiger partial charge in [0.05, 0.1) is 0 Å². The second-order valence-corrected chi connectivity index (χ2v) is 6.43. The minimum Gasteiger partial charge on any atom is -0.368 e. The molecule has 1 heterocycles. The highest BCUT2D eigenvalue weighted by molar-refractivity contribution is 9.10. The van der Waals surface area contributed by atoms with Gasteiger partial charge >= 0.3 is 0 Å². The van der Waals surface area contributed by atoms with Crippen molar-refractivity contribution in [2.24, 2.45) is 0 Å². The Hall–Kier alpha value is -1.81. The largest absolute Gasteiger partial charge is 0.368 e. The van der Waals surface area contributed by atoms with Crippen LogP contribution in [-0.2, 0) is 0 Å². The average molecular weight is 359 g/mol. The Kier molecular flexibility index (Phi) is 4.48. The van der Waals surface area contributed by atoms with Crippen molar-refractivity contribution >= 4 is 27.5 Å². The van der Waals surface area contributed by atoms with Crippen LogP contribution < -0.4 is 4.90 Å². The normalized spacial score (nSPS) is 15.0. The monoisotopic (exact) mass is 358 g/mol. The molecule has 0 spiro atoms. The summed E-state index contributed by atoms with van der Waals surface area (Å²) < 4.78 is 1.13. The zero-order valence-electron chi connectivity index (χ0n) is 12.6. The van der Waals surface area contributed by atoms with Gasteiger partial charge in [-0.15, -0.1) is 0 Å². The first kappa shape index (κ1) is 15.1. The fourth-order valence-corrected chi connectivity index (χ4v) is 3.00. The summed E-state index contributed by atoms with van der Waals surface area (Å²) in [5.74, 6) is 0.132. The molecule has 0 unspecified atom stereocenters. The molecule has 0 aliphatic carbocycles. The molecule has 3 nitrogen and oxygen atoms in total. The highest BCUT2D eigenvalue weighted by Crippen LogP contribution is 2.24. The fourth-order valence-electron chi connectivity index (χ4n) is 2.76. The van der Waals surface area contributed by atoms with Gasteiger partial charge in [0, 0.05) is 41.9 Å². The lowest BCUT2D eigenvalue weighted by molar-refractivity contribution is 0.0747. The number of halogens is 1. The zero-order valence-corrected chi connectivity index (χ0v) is 14.2. The smallest absolute Gasteiger partial charge is 0.253 e. The molecule has 2 aromatic rings. The first-order valence-electron chi connectivity index (χ1n) is 7.50. The Morgan fingerprint density at radius 3 is 2.32 bits per heavy atom. The number of hydrogen-bond acceptors (Lipinski definition) is 2. The van der Waals surface area contributed by atoms with Crippen molar-refractivity contribution in [1.29, 1.82) is 0 Å². The van der Waals surface area contributed by atoms with Crippen LogP contribution in [0.1, 0.15) is 15.9 Å². The van der Waals surface area contributed by atoms with E-state index in [1.165, 1.54) is 11.3 Å². The van der Waals surface area contributed by atoms with Gasteiger partial charge < -0.3 is 9.80 Å². The molecule has 0 atom stereocenters. The van der Waals surface area contributed by atoms with Crippen molar-refractivity contribution in [2.45, 2.75) is 6.92 Å².